The molecule has 4 aliphatic heterocycles. The van der Waals surface area contributed by atoms with Gasteiger partial charge in [-0.05, 0) is 36.8 Å². The molecule has 6 atom stereocenters. The van der Waals surface area contributed by atoms with E-state index < -0.39 is 3.79 Å². The van der Waals surface area contributed by atoms with Crippen LogP contribution in [-0.2, 0) is 14.9 Å². The number of likely N-dealkylation sites (tertiary alicyclic amines) is 1. The number of nitrogens with zero attached hydrogens (tertiary/aromatic N) is 1. The standard InChI is InChI=1S/C21H25Cl3N2O3/c1-2-16-12-7-18-20(10-25-15-6-4-3-5-14(15)20)8-17(13(12)9-28-18)26(16)19(27)29-11-21(22,23)24/h3-6,12-13,16-18,25H,2,7-11H2,1H3/t12-,13+,16-,17+,18-,20+/m0/s1. The van der Waals surface area contributed by atoms with E-state index in [2.05, 4.69) is 36.5 Å². The minimum absolute atomic E-state index is 0.0632. The van der Waals surface area contributed by atoms with Crippen molar-refractivity contribution in [2.24, 2.45) is 11.8 Å². The first-order valence-electron chi connectivity index (χ1n) is 10.3. The second-order valence-electron chi connectivity index (χ2n) is 8.76. The molecule has 158 valence electrons. The number of amides is 1. The van der Waals surface area contributed by atoms with Gasteiger partial charge in [0.2, 0.25) is 3.79 Å². The first kappa shape index (κ1) is 20.0. The second kappa shape index (κ2) is 7.08. The molecule has 4 fully saturated rings. The number of benzene rings is 1. The number of carbonyl (C=O) groups excluding carboxylic acids is 1. The molecule has 6 rings (SSSR count). The van der Waals surface area contributed by atoms with Crippen molar-refractivity contribution in [1.29, 1.82) is 0 Å². The maximum Gasteiger partial charge on any atom is 0.410 e. The molecule has 4 heterocycles. The molecular formula is C21H25Cl3N2O3. The van der Waals surface area contributed by atoms with Crippen LogP contribution in [0.25, 0.3) is 0 Å². The molecule has 1 amide bonds. The van der Waals surface area contributed by atoms with Gasteiger partial charge in [-0.25, -0.2) is 4.79 Å². The molecule has 1 saturated carbocycles. The van der Waals surface area contributed by atoms with Crippen LogP contribution in [0.3, 0.4) is 0 Å². The SMILES string of the molecule is CC[C@H]1[C@H]2C[C@@H]3OC[C@H]2[C@@H](C[C@]32CNc3ccccc32)N1C(=O)OCC(Cl)(Cl)Cl. The first-order chi connectivity index (χ1) is 13.8. The Morgan fingerprint density at radius 1 is 1.34 bits per heavy atom. The zero-order chi connectivity index (χ0) is 20.4. The second-order valence-corrected chi connectivity index (χ2v) is 11.3. The largest absolute Gasteiger partial charge is 0.445 e. The smallest absolute Gasteiger partial charge is 0.410 e. The maximum atomic E-state index is 13.1. The van der Waals surface area contributed by atoms with Gasteiger partial charge in [-0.15, -0.1) is 0 Å². The van der Waals surface area contributed by atoms with Gasteiger partial charge in [0.25, 0.3) is 0 Å². The van der Waals surface area contributed by atoms with Gasteiger partial charge in [0, 0.05) is 35.6 Å². The predicted octanol–water partition coefficient (Wildman–Crippen LogP) is 4.74. The lowest BCUT2D eigenvalue weighted by Gasteiger charge is -2.43. The summed E-state index contributed by atoms with van der Waals surface area (Å²) in [4.78, 5) is 15.1. The number of hydrogen-bond acceptors (Lipinski definition) is 4. The normalized spacial score (nSPS) is 37.4. The number of nitrogens with one attached hydrogen (secondary N) is 1. The summed E-state index contributed by atoms with van der Waals surface area (Å²) < 4.78 is 10.3. The van der Waals surface area contributed by atoms with Crippen molar-refractivity contribution in [3.63, 3.8) is 0 Å². The van der Waals surface area contributed by atoms with E-state index in [1.807, 2.05) is 4.90 Å². The lowest BCUT2D eigenvalue weighted by molar-refractivity contribution is -0.0592. The number of ether oxygens (including phenoxy) is 2. The van der Waals surface area contributed by atoms with Crippen molar-refractivity contribution in [3.8, 4) is 0 Å². The molecule has 29 heavy (non-hydrogen) atoms. The van der Waals surface area contributed by atoms with Crippen molar-refractivity contribution < 1.29 is 14.3 Å². The number of rotatable bonds is 2. The predicted molar refractivity (Wildman–Crippen MR) is 114 cm³/mol. The number of anilines is 1. The zero-order valence-electron chi connectivity index (χ0n) is 16.2. The molecule has 4 bridgehead atoms. The monoisotopic (exact) mass is 458 g/mol. The Morgan fingerprint density at radius 2 is 2.14 bits per heavy atom. The van der Waals surface area contributed by atoms with E-state index >= 15 is 0 Å². The Hall–Kier alpha value is -0.880. The highest BCUT2D eigenvalue weighted by atomic mass is 35.6. The lowest BCUT2D eigenvalue weighted by atomic mass is 9.71. The fourth-order valence-corrected chi connectivity index (χ4v) is 6.52. The van der Waals surface area contributed by atoms with Crippen molar-refractivity contribution >= 4 is 46.6 Å². The molecule has 1 spiro atoms. The van der Waals surface area contributed by atoms with E-state index in [4.69, 9.17) is 44.3 Å². The number of carbonyl (C=O) groups is 1. The number of fused-ring (bicyclic) bond motifs is 2. The van der Waals surface area contributed by atoms with E-state index in [-0.39, 0.29) is 36.3 Å². The van der Waals surface area contributed by atoms with E-state index in [1.54, 1.807) is 0 Å². The van der Waals surface area contributed by atoms with E-state index in [0.717, 1.165) is 25.8 Å². The van der Waals surface area contributed by atoms with Gasteiger partial charge in [0.1, 0.15) is 6.61 Å². The third-order valence-electron chi connectivity index (χ3n) is 7.46. The molecule has 0 radical (unpaired) electrons. The summed E-state index contributed by atoms with van der Waals surface area (Å²) in [5.41, 5.74) is 2.35. The lowest BCUT2D eigenvalue weighted by Crippen LogP contribution is -2.52. The molecule has 8 heteroatoms. The van der Waals surface area contributed by atoms with Gasteiger partial charge in [-0.2, -0.15) is 0 Å². The molecule has 0 aromatic heterocycles. The number of halogens is 3. The van der Waals surface area contributed by atoms with Crippen LogP contribution in [0.1, 0.15) is 31.7 Å². The van der Waals surface area contributed by atoms with Crippen molar-refractivity contribution in [2.45, 2.75) is 53.6 Å². The minimum atomic E-state index is -1.61. The summed E-state index contributed by atoms with van der Waals surface area (Å²) in [6.45, 7) is 3.41. The van der Waals surface area contributed by atoms with Gasteiger partial charge in [0.15, 0.2) is 0 Å². The number of alkyl halides is 3. The van der Waals surface area contributed by atoms with Crippen molar-refractivity contribution in [3.05, 3.63) is 29.8 Å². The van der Waals surface area contributed by atoms with E-state index in [0.29, 0.717) is 18.4 Å². The summed E-state index contributed by atoms with van der Waals surface area (Å²) in [6, 6.07) is 8.68. The third kappa shape index (κ3) is 3.12. The fraction of sp³-hybridized carbons (Fsp3) is 0.667. The summed E-state index contributed by atoms with van der Waals surface area (Å²) in [6.07, 6.45) is 2.50. The Labute approximate surface area is 185 Å². The Kier molecular flexibility index (Phi) is 4.89. The van der Waals surface area contributed by atoms with E-state index in [1.165, 1.54) is 11.3 Å². The maximum absolute atomic E-state index is 13.1. The summed E-state index contributed by atoms with van der Waals surface area (Å²) in [5.74, 6) is 0.736. The minimum Gasteiger partial charge on any atom is -0.445 e. The average molecular weight is 460 g/mol. The highest BCUT2D eigenvalue weighted by Gasteiger charge is 2.63. The number of hydrogen-bond donors (Lipinski definition) is 1. The fourth-order valence-electron chi connectivity index (χ4n) is 6.36. The summed E-state index contributed by atoms with van der Waals surface area (Å²) in [5, 5.41) is 3.58. The highest BCUT2D eigenvalue weighted by molar-refractivity contribution is 6.67. The highest BCUT2D eigenvalue weighted by Crippen LogP contribution is 2.57. The van der Waals surface area contributed by atoms with Crippen LogP contribution in [0.5, 0.6) is 0 Å². The van der Waals surface area contributed by atoms with Crippen LogP contribution >= 0.6 is 34.8 Å². The average Bonchev–Trinajstić information content (AvgIpc) is 3.12. The van der Waals surface area contributed by atoms with Crippen LogP contribution in [0.15, 0.2) is 24.3 Å². The van der Waals surface area contributed by atoms with Gasteiger partial charge >= 0.3 is 6.09 Å². The van der Waals surface area contributed by atoms with Crippen LogP contribution in [0, 0.1) is 11.8 Å². The summed E-state index contributed by atoms with van der Waals surface area (Å²) in [7, 11) is 0. The Balaban J connectivity index is 1.50. The van der Waals surface area contributed by atoms with Gasteiger partial charge in [0.05, 0.1) is 12.7 Å². The molecule has 1 aromatic rings. The summed E-state index contributed by atoms with van der Waals surface area (Å²) >= 11 is 17.4. The molecule has 1 aromatic carbocycles. The quantitative estimate of drug-likeness (QED) is 0.649. The molecule has 0 unspecified atom stereocenters. The third-order valence-corrected chi connectivity index (χ3v) is 7.79. The number of para-hydroxylation sites is 1. The molecule has 5 nitrogen and oxygen atoms in total. The van der Waals surface area contributed by atoms with Crippen molar-refractivity contribution in [1.82, 2.24) is 4.90 Å². The van der Waals surface area contributed by atoms with Crippen LogP contribution in [0.4, 0.5) is 10.5 Å². The molecule has 5 aliphatic rings. The molecule has 1 aliphatic carbocycles. The zero-order valence-corrected chi connectivity index (χ0v) is 18.5. The molecule has 1 N–H and O–H groups in total. The first-order valence-corrected chi connectivity index (χ1v) is 11.4. The Morgan fingerprint density at radius 3 is 2.90 bits per heavy atom. The Bertz CT molecular complexity index is 817. The van der Waals surface area contributed by atoms with Gasteiger partial charge in [-0.1, -0.05) is 59.9 Å². The molecule has 3 saturated heterocycles. The van der Waals surface area contributed by atoms with Gasteiger partial charge in [-0.3, -0.25) is 0 Å². The van der Waals surface area contributed by atoms with Crippen molar-refractivity contribution in [2.75, 3.05) is 25.1 Å². The van der Waals surface area contributed by atoms with E-state index in [9.17, 15) is 4.79 Å². The topological polar surface area (TPSA) is 50.8 Å². The molecular weight excluding hydrogens is 435 g/mol. The van der Waals surface area contributed by atoms with Gasteiger partial charge < -0.3 is 19.7 Å². The van der Waals surface area contributed by atoms with Crippen LogP contribution < -0.4 is 5.32 Å². The van der Waals surface area contributed by atoms with Crippen LogP contribution in [-0.4, -0.2) is 52.7 Å². The van der Waals surface area contributed by atoms with Crippen LogP contribution in [0.2, 0.25) is 0 Å².